The van der Waals surface area contributed by atoms with E-state index in [4.69, 9.17) is 10.2 Å². The Hall–Kier alpha value is -0.160. The van der Waals surface area contributed by atoms with Crippen LogP contribution in [0.25, 0.3) is 0 Å². The van der Waals surface area contributed by atoms with Gasteiger partial charge in [-0.1, -0.05) is 0 Å². The van der Waals surface area contributed by atoms with Crippen molar-refractivity contribution >= 4 is 0 Å². The second kappa shape index (κ2) is 3.79. The zero-order valence-electron chi connectivity index (χ0n) is 5.63. The number of hydrogen-bond acceptors (Lipinski definition) is 4. The quantitative estimate of drug-likeness (QED) is 0.519. The summed E-state index contributed by atoms with van der Waals surface area (Å²) in [5.74, 6) is 0. The van der Waals surface area contributed by atoms with Crippen LogP contribution in [-0.2, 0) is 9.47 Å². The number of aliphatic hydroxyl groups is 2. The monoisotopic (exact) mass is 136 g/mol. The van der Waals surface area contributed by atoms with Gasteiger partial charge in [-0.15, -0.1) is 0 Å². The molecule has 0 bridgehead atoms. The van der Waals surface area contributed by atoms with Gasteiger partial charge in [0.05, 0.1) is 13.2 Å². The number of rotatable bonds is 4. The van der Waals surface area contributed by atoms with Gasteiger partial charge >= 0.3 is 6.16 Å². The summed E-state index contributed by atoms with van der Waals surface area (Å²) in [6.07, 6.45) is -2.40. The van der Waals surface area contributed by atoms with E-state index in [2.05, 4.69) is 9.47 Å². The van der Waals surface area contributed by atoms with E-state index in [1.165, 1.54) is 0 Å². The van der Waals surface area contributed by atoms with Crippen LogP contribution in [-0.4, -0.2) is 29.6 Å². The molecule has 0 amide bonds. The normalized spacial score (nSPS) is 12.0. The highest BCUT2D eigenvalue weighted by molar-refractivity contribution is 4.27. The Bertz CT molecular complexity index is 63.4. The Labute approximate surface area is 54.0 Å². The highest BCUT2D eigenvalue weighted by Gasteiger charge is 2.23. The maximum atomic E-state index is 8.63. The minimum Gasteiger partial charge on any atom is -0.319 e. The molecule has 0 aromatic carbocycles. The standard InChI is InChI=1S/C5H12O4/c1-3-8-5(6,7)9-4-2/h6-7H,3-4H2,1-2H3. The predicted octanol–water partition coefficient (Wildman–Crippen LogP) is -0.345. The zero-order valence-corrected chi connectivity index (χ0v) is 5.63. The Balaban J connectivity index is 3.43. The molecule has 0 atom stereocenters. The van der Waals surface area contributed by atoms with Crippen LogP contribution in [0.1, 0.15) is 13.8 Å². The van der Waals surface area contributed by atoms with Gasteiger partial charge in [-0.3, -0.25) is 0 Å². The summed E-state index contributed by atoms with van der Waals surface area (Å²) in [6, 6.07) is 0. The molecule has 0 radical (unpaired) electrons. The van der Waals surface area contributed by atoms with Crippen LogP contribution in [0, 0.1) is 0 Å². The first-order valence-electron chi connectivity index (χ1n) is 2.85. The maximum absolute atomic E-state index is 8.63. The van der Waals surface area contributed by atoms with Gasteiger partial charge in [-0.2, -0.15) is 0 Å². The van der Waals surface area contributed by atoms with Gasteiger partial charge in [0, 0.05) is 0 Å². The van der Waals surface area contributed by atoms with Crippen LogP contribution in [0.5, 0.6) is 0 Å². The van der Waals surface area contributed by atoms with Crippen molar-refractivity contribution in [3.63, 3.8) is 0 Å². The lowest BCUT2D eigenvalue weighted by Gasteiger charge is -2.18. The molecule has 0 unspecified atom stereocenters. The highest BCUT2D eigenvalue weighted by atomic mass is 16.9. The fourth-order valence-electron chi connectivity index (χ4n) is 0.418. The molecule has 0 aromatic heterocycles. The van der Waals surface area contributed by atoms with Crippen LogP contribution >= 0.6 is 0 Å². The maximum Gasteiger partial charge on any atom is 0.407 e. The molecule has 0 aliphatic carbocycles. The second-order valence-corrected chi connectivity index (χ2v) is 1.41. The van der Waals surface area contributed by atoms with Crippen molar-refractivity contribution in [2.75, 3.05) is 13.2 Å². The Morgan fingerprint density at radius 2 is 1.44 bits per heavy atom. The SMILES string of the molecule is CCOC(O)(O)OCC. The van der Waals surface area contributed by atoms with E-state index >= 15 is 0 Å². The molecular formula is C5H12O4. The van der Waals surface area contributed by atoms with Crippen LogP contribution in [0.3, 0.4) is 0 Å². The summed E-state index contributed by atoms with van der Waals surface area (Å²) in [7, 11) is 0. The number of ether oxygens (including phenoxy) is 2. The largest absolute Gasteiger partial charge is 0.407 e. The average molecular weight is 136 g/mol. The molecule has 0 fully saturated rings. The molecule has 0 aliphatic rings. The van der Waals surface area contributed by atoms with Crippen LogP contribution in [0.15, 0.2) is 0 Å². The lowest BCUT2D eigenvalue weighted by atomic mass is 10.8. The van der Waals surface area contributed by atoms with Crippen molar-refractivity contribution in [3.05, 3.63) is 0 Å². The van der Waals surface area contributed by atoms with E-state index in [9.17, 15) is 0 Å². The summed E-state index contributed by atoms with van der Waals surface area (Å²) < 4.78 is 8.72. The van der Waals surface area contributed by atoms with Gasteiger partial charge in [-0.25, -0.2) is 0 Å². The molecule has 0 saturated heterocycles. The minimum absolute atomic E-state index is 0.201. The fraction of sp³-hybridized carbons (Fsp3) is 1.00. The van der Waals surface area contributed by atoms with E-state index in [-0.39, 0.29) is 13.2 Å². The van der Waals surface area contributed by atoms with Gasteiger partial charge < -0.3 is 19.7 Å². The first-order chi connectivity index (χ1) is 4.12. The van der Waals surface area contributed by atoms with Crippen molar-refractivity contribution in [1.29, 1.82) is 0 Å². The van der Waals surface area contributed by atoms with Gasteiger partial charge in [-0.05, 0) is 13.8 Å². The van der Waals surface area contributed by atoms with Crippen molar-refractivity contribution in [1.82, 2.24) is 0 Å². The van der Waals surface area contributed by atoms with Crippen LogP contribution < -0.4 is 0 Å². The van der Waals surface area contributed by atoms with Crippen LogP contribution in [0.2, 0.25) is 0 Å². The van der Waals surface area contributed by atoms with E-state index in [1.54, 1.807) is 13.8 Å². The van der Waals surface area contributed by atoms with Gasteiger partial charge in [0.15, 0.2) is 0 Å². The number of hydrogen-bond donors (Lipinski definition) is 2. The van der Waals surface area contributed by atoms with Gasteiger partial charge in [0.1, 0.15) is 0 Å². The molecule has 0 aliphatic heterocycles. The fourth-order valence-corrected chi connectivity index (χ4v) is 0.418. The van der Waals surface area contributed by atoms with Crippen molar-refractivity contribution in [3.8, 4) is 0 Å². The summed E-state index contributed by atoms with van der Waals surface area (Å²) in [6.45, 7) is 3.68. The molecule has 0 saturated carbocycles. The molecule has 2 N–H and O–H groups in total. The minimum atomic E-state index is -2.40. The van der Waals surface area contributed by atoms with E-state index in [1.807, 2.05) is 0 Å². The Kier molecular flexibility index (Phi) is 3.72. The molecule has 4 heteroatoms. The van der Waals surface area contributed by atoms with E-state index in [0.29, 0.717) is 0 Å². The second-order valence-electron chi connectivity index (χ2n) is 1.41. The molecule has 4 nitrogen and oxygen atoms in total. The zero-order chi connectivity index (χ0) is 7.33. The smallest absolute Gasteiger partial charge is 0.319 e. The predicted molar refractivity (Wildman–Crippen MR) is 30.4 cm³/mol. The van der Waals surface area contributed by atoms with Crippen molar-refractivity contribution < 1.29 is 19.7 Å². The molecule has 9 heavy (non-hydrogen) atoms. The molecule has 0 rings (SSSR count). The van der Waals surface area contributed by atoms with Crippen molar-refractivity contribution in [2.45, 2.75) is 20.0 Å². The van der Waals surface area contributed by atoms with Gasteiger partial charge in [0.2, 0.25) is 0 Å². The highest BCUT2D eigenvalue weighted by Crippen LogP contribution is 2.02. The third-order valence-corrected chi connectivity index (χ3v) is 0.665. The molecule has 0 aromatic rings. The summed E-state index contributed by atoms with van der Waals surface area (Å²) in [5, 5.41) is 17.3. The lowest BCUT2D eigenvalue weighted by Crippen LogP contribution is -2.35. The average Bonchev–Trinajstić information content (AvgIpc) is 1.64. The third kappa shape index (κ3) is 4.35. The Morgan fingerprint density at radius 1 is 1.11 bits per heavy atom. The van der Waals surface area contributed by atoms with Gasteiger partial charge in [0.25, 0.3) is 0 Å². The third-order valence-electron chi connectivity index (χ3n) is 0.665. The summed E-state index contributed by atoms with van der Waals surface area (Å²) >= 11 is 0. The van der Waals surface area contributed by atoms with E-state index in [0.717, 1.165) is 0 Å². The van der Waals surface area contributed by atoms with Crippen LogP contribution in [0.4, 0.5) is 0 Å². The Morgan fingerprint density at radius 3 is 1.67 bits per heavy atom. The summed E-state index contributed by atoms with van der Waals surface area (Å²) in [5.41, 5.74) is 0. The van der Waals surface area contributed by atoms with E-state index < -0.39 is 6.16 Å². The molecular weight excluding hydrogens is 124 g/mol. The molecule has 0 spiro atoms. The first-order valence-corrected chi connectivity index (χ1v) is 2.85. The summed E-state index contributed by atoms with van der Waals surface area (Å²) in [4.78, 5) is 0. The lowest BCUT2D eigenvalue weighted by molar-refractivity contribution is -0.468. The molecule has 56 valence electrons. The first kappa shape index (κ1) is 8.84. The molecule has 0 heterocycles. The topological polar surface area (TPSA) is 58.9 Å². The van der Waals surface area contributed by atoms with Crippen molar-refractivity contribution in [2.24, 2.45) is 0 Å².